The van der Waals surface area contributed by atoms with Crippen molar-refractivity contribution in [3.8, 4) is 0 Å². The van der Waals surface area contributed by atoms with E-state index in [-0.39, 0.29) is 24.2 Å². The molecule has 0 spiro atoms. The highest BCUT2D eigenvalue weighted by Crippen LogP contribution is 2.14. The zero-order valence-corrected chi connectivity index (χ0v) is 14.4. The third-order valence-electron chi connectivity index (χ3n) is 3.29. The second-order valence-corrected chi connectivity index (χ2v) is 6.01. The van der Waals surface area contributed by atoms with Gasteiger partial charge in [0.05, 0.1) is 6.42 Å². The van der Waals surface area contributed by atoms with Crippen LogP contribution in [0, 0.1) is 6.92 Å². The Labute approximate surface area is 141 Å². The van der Waals surface area contributed by atoms with Crippen LogP contribution in [0.1, 0.15) is 43.8 Å². The molecule has 0 atom stereocenters. The summed E-state index contributed by atoms with van der Waals surface area (Å²) in [5.41, 5.74) is 2.39. The monoisotopic (exact) mass is 326 g/mol. The molecule has 24 heavy (non-hydrogen) atoms. The molecule has 0 bridgehead atoms. The average Bonchev–Trinajstić information content (AvgIpc) is 2.48. The molecule has 0 aliphatic rings. The lowest BCUT2D eigenvalue weighted by molar-refractivity contribution is -0.116. The van der Waals surface area contributed by atoms with Crippen LogP contribution in [0.4, 0.5) is 11.5 Å². The predicted octanol–water partition coefficient (Wildman–Crippen LogP) is 3.05. The molecular weight excluding hydrogens is 304 g/mol. The van der Waals surface area contributed by atoms with Gasteiger partial charge < -0.3 is 10.6 Å². The molecule has 0 fully saturated rings. The van der Waals surface area contributed by atoms with Crippen molar-refractivity contribution in [1.29, 1.82) is 0 Å². The van der Waals surface area contributed by atoms with E-state index in [1.807, 2.05) is 32.9 Å². The van der Waals surface area contributed by atoms with Crippen LogP contribution in [0.15, 0.2) is 30.3 Å². The van der Waals surface area contributed by atoms with Crippen molar-refractivity contribution in [1.82, 2.24) is 9.97 Å². The topological polar surface area (TPSA) is 84.0 Å². The van der Waals surface area contributed by atoms with E-state index in [0.29, 0.717) is 17.3 Å². The lowest BCUT2D eigenvalue weighted by Gasteiger charge is -2.10. The van der Waals surface area contributed by atoms with E-state index in [2.05, 4.69) is 20.6 Å². The maximum absolute atomic E-state index is 12.2. The first kappa shape index (κ1) is 17.6. The average molecular weight is 326 g/mol. The molecule has 0 aliphatic heterocycles. The van der Waals surface area contributed by atoms with Gasteiger partial charge in [0, 0.05) is 30.3 Å². The maximum atomic E-state index is 12.2. The molecule has 0 radical (unpaired) electrons. The molecule has 1 aromatic heterocycles. The van der Waals surface area contributed by atoms with Crippen LogP contribution in [0.3, 0.4) is 0 Å². The lowest BCUT2D eigenvalue weighted by atomic mass is 10.1. The van der Waals surface area contributed by atoms with Gasteiger partial charge in [-0.05, 0) is 24.6 Å². The molecule has 2 rings (SSSR count). The second kappa shape index (κ2) is 7.68. The van der Waals surface area contributed by atoms with Crippen molar-refractivity contribution in [3.05, 3.63) is 47.4 Å². The predicted molar refractivity (Wildman–Crippen MR) is 93.9 cm³/mol. The number of anilines is 2. The van der Waals surface area contributed by atoms with Gasteiger partial charge in [0.15, 0.2) is 0 Å². The second-order valence-electron chi connectivity index (χ2n) is 6.01. The Morgan fingerprint density at radius 2 is 1.75 bits per heavy atom. The number of aromatic nitrogens is 2. The SMILES string of the molecule is CC(=O)Nc1ccc(CC(=O)Nc2cc(C)nc(C(C)C)n2)cc1. The Kier molecular flexibility index (Phi) is 5.63. The summed E-state index contributed by atoms with van der Waals surface area (Å²) >= 11 is 0. The summed E-state index contributed by atoms with van der Waals surface area (Å²) in [6.45, 7) is 7.36. The summed E-state index contributed by atoms with van der Waals surface area (Å²) in [6, 6.07) is 8.93. The van der Waals surface area contributed by atoms with Crippen molar-refractivity contribution in [2.24, 2.45) is 0 Å². The van der Waals surface area contributed by atoms with E-state index in [4.69, 9.17) is 0 Å². The molecule has 126 valence electrons. The van der Waals surface area contributed by atoms with Gasteiger partial charge in [-0.1, -0.05) is 26.0 Å². The molecule has 1 heterocycles. The highest BCUT2D eigenvalue weighted by atomic mass is 16.2. The number of amides is 2. The summed E-state index contributed by atoms with van der Waals surface area (Å²) in [4.78, 5) is 31.9. The zero-order chi connectivity index (χ0) is 17.7. The molecule has 6 nitrogen and oxygen atoms in total. The van der Waals surface area contributed by atoms with Crippen molar-refractivity contribution < 1.29 is 9.59 Å². The molecule has 2 amide bonds. The number of hydrogen-bond donors (Lipinski definition) is 2. The fourth-order valence-electron chi connectivity index (χ4n) is 2.20. The molecule has 0 unspecified atom stereocenters. The van der Waals surface area contributed by atoms with Crippen molar-refractivity contribution in [2.45, 2.75) is 40.0 Å². The van der Waals surface area contributed by atoms with E-state index >= 15 is 0 Å². The number of rotatable bonds is 5. The number of carbonyl (C=O) groups excluding carboxylic acids is 2. The van der Waals surface area contributed by atoms with Crippen LogP contribution in [-0.4, -0.2) is 21.8 Å². The summed E-state index contributed by atoms with van der Waals surface area (Å²) in [5, 5.41) is 5.51. The van der Waals surface area contributed by atoms with Gasteiger partial charge in [0.1, 0.15) is 11.6 Å². The van der Waals surface area contributed by atoms with Crippen LogP contribution >= 0.6 is 0 Å². The van der Waals surface area contributed by atoms with E-state index in [9.17, 15) is 9.59 Å². The zero-order valence-electron chi connectivity index (χ0n) is 14.4. The van der Waals surface area contributed by atoms with Crippen molar-refractivity contribution in [3.63, 3.8) is 0 Å². The molecule has 2 aromatic rings. The Hall–Kier alpha value is -2.76. The summed E-state index contributed by atoms with van der Waals surface area (Å²) in [7, 11) is 0. The molecule has 1 aromatic carbocycles. The van der Waals surface area contributed by atoms with Crippen molar-refractivity contribution in [2.75, 3.05) is 10.6 Å². The highest BCUT2D eigenvalue weighted by Gasteiger charge is 2.09. The van der Waals surface area contributed by atoms with Gasteiger partial charge in [0.2, 0.25) is 11.8 Å². The summed E-state index contributed by atoms with van der Waals surface area (Å²) in [6.07, 6.45) is 0.237. The summed E-state index contributed by atoms with van der Waals surface area (Å²) in [5.74, 6) is 1.16. The van der Waals surface area contributed by atoms with Crippen LogP contribution < -0.4 is 10.6 Å². The van der Waals surface area contributed by atoms with E-state index in [1.165, 1.54) is 6.92 Å². The van der Waals surface area contributed by atoms with Gasteiger partial charge in [-0.3, -0.25) is 9.59 Å². The van der Waals surface area contributed by atoms with Crippen LogP contribution in [0.25, 0.3) is 0 Å². The van der Waals surface area contributed by atoms with E-state index in [1.54, 1.807) is 18.2 Å². The first-order valence-electron chi connectivity index (χ1n) is 7.85. The molecule has 2 N–H and O–H groups in total. The van der Waals surface area contributed by atoms with Crippen LogP contribution in [0.5, 0.6) is 0 Å². The third kappa shape index (κ3) is 5.15. The Morgan fingerprint density at radius 1 is 1.08 bits per heavy atom. The number of benzene rings is 1. The minimum Gasteiger partial charge on any atom is -0.326 e. The van der Waals surface area contributed by atoms with Crippen LogP contribution in [-0.2, 0) is 16.0 Å². The van der Waals surface area contributed by atoms with E-state index in [0.717, 1.165) is 11.3 Å². The van der Waals surface area contributed by atoms with Gasteiger partial charge in [0.25, 0.3) is 0 Å². The largest absolute Gasteiger partial charge is 0.326 e. The number of nitrogens with one attached hydrogen (secondary N) is 2. The van der Waals surface area contributed by atoms with Gasteiger partial charge in [-0.15, -0.1) is 0 Å². The lowest BCUT2D eigenvalue weighted by Crippen LogP contribution is -2.16. The number of aryl methyl sites for hydroxylation is 1. The first-order chi connectivity index (χ1) is 11.3. The smallest absolute Gasteiger partial charge is 0.229 e. The minimum absolute atomic E-state index is 0.124. The molecule has 0 saturated heterocycles. The quantitative estimate of drug-likeness (QED) is 0.884. The van der Waals surface area contributed by atoms with Gasteiger partial charge in [-0.2, -0.15) is 0 Å². The minimum atomic E-state index is -0.143. The fourth-order valence-corrected chi connectivity index (χ4v) is 2.20. The molecule has 0 saturated carbocycles. The molecule has 6 heteroatoms. The van der Waals surface area contributed by atoms with E-state index < -0.39 is 0 Å². The Bertz CT molecular complexity index is 739. The normalized spacial score (nSPS) is 10.5. The standard InChI is InChI=1S/C18H22N4O2/c1-11(2)18-19-12(3)9-16(22-18)21-17(24)10-14-5-7-15(8-6-14)20-13(4)23/h5-9,11H,10H2,1-4H3,(H,20,23)(H,19,21,22,24). The molecule has 0 aliphatic carbocycles. The number of hydrogen-bond acceptors (Lipinski definition) is 4. The Balaban J connectivity index is 2.01. The first-order valence-corrected chi connectivity index (χ1v) is 7.85. The number of carbonyl (C=O) groups is 2. The highest BCUT2D eigenvalue weighted by molar-refractivity contribution is 5.92. The Morgan fingerprint density at radius 3 is 2.33 bits per heavy atom. The van der Waals surface area contributed by atoms with Crippen molar-refractivity contribution >= 4 is 23.3 Å². The van der Waals surface area contributed by atoms with Gasteiger partial charge >= 0.3 is 0 Å². The third-order valence-corrected chi connectivity index (χ3v) is 3.29. The summed E-state index contributed by atoms with van der Waals surface area (Å²) < 4.78 is 0. The van der Waals surface area contributed by atoms with Crippen LogP contribution in [0.2, 0.25) is 0 Å². The van der Waals surface area contributed by atoms with Gasteiger partial charge in [-0.25, -0.2) is 9.97 Å². The molecular formula is C18H22N4O2. The number of nitrogens with zero attached hydrogens (tertiary/aromatic N) is 2. The fraction of sp³-hybridized carbons (Fsp3) is 0.333. The maximum Gasteiger partial charge on any atom is 0.229 e.